The maximum absolute atomic E-state index is 10.1. The molecule has 0 amide bonds. The molecule has 0 spiro atoms. The third kappa shape index (κ3) is 3.72. The monoisotopic (exact) mass is 355 g/mol. The fourth-order valence-corrected chi connectivity index (χ4v) is 2.65. The smallest absolute Gasteiger partial charge is 0.312 e. The zero-order valence-electron chi connectivity index (χ0n) is 14.4. The summed E-state index contributed by atoms with van der Waals surface area (Å²) in [6.45, 7) is 0. The fraction of sp³-hybridized carbons (Fsp3) is 0. The molecule has 0 unspecified atom stereocenters. The predicted octanol–water partition coefficient (Wildman–Crippen LogP) is 5.22. The van der Waals surface area contributed by atoms with Crippen LogP contribution in [0.15, 0.2) is 101 Å². The summed E-state index contributed by atoms with van der Waals surface area (Å²) in [6.07, 6.45) is 1.49. The highest BCUT2D eigenvalue weighted by molar-refractivity contribution is 5.82. The molecule has 0 saturated carbocycles. The average molecular weight is 355 g/mol. The third-order valence-electron chi connectivity index (χ3n) is 3.95. The van der Waals surface area contributed by atoms with Crippen molar-refractivity contribution in [3.05, 3.63) is 96.7 Å². The second-order valence-electron chi connectivity index (χ2n) is 5.80. The van der Waals surface area contributed by atoms with Gasteiger partial charge in [0.1, 0.15) is 0 Å². The van der Waals surface area contributed by atoms with Crippen molar-refractivity contribution < 1.29 is 9.52 Å². The maximum atomic E-state index is 10.1. The number of aromatic hydroxyl groups is 1. The molecular formula is C22H17N3O2. The lowest BCUT2D eigenvalue weighted by molar-refractivity contribution is 0.337. The second kappa shape index (κ2) is 7.58. The average Bonchev–Trinajstić information content (AvgIpc) is 3.11. The molecular weight excluding hydrogens is 338 g/mol. The number of rotatable bonds is 5. The van der Waals surface area contributed by atoms with Gasteiger partial charge in [0.15, 0.2) is 5.69 Å². The molecule has 0 aliphatic heterocycles. The molecule has 0 aliphatic carbocycles. The molecule has 3 aromatic carbocycles. The Kier molecular flexibility index (Phi) is 4.66. The Morgan fingerprint density at radius 3 is 1.85 bits per heavy atom. The minimum atomic E-state index is -0.265. The van der Waals surface area contributed by atoms with Gasteiger partial charge in [0.2, 0.25) is 5.89 Å². The van der Waals surface area contributed by atoms with E-state index in [-0.39, 0.29) is 11.6 Å². The first-order valence-electron chi connectivity index (χ1n) is 8.51. The number of nitrogens with zero attached hydrogens (tertiary/aromatic N) is 3. The van der Waals surface area contributed by atoms with E-state index in [1.165, 1.54) is 6.21 Å². The van der Waals surface area contributed by atoms with Crippen LogP contribution in [0.3, 0.4) is 0 Å². The van der Waals surface area contributed by atoms with E-state index in [9.17, 15) is 5.11 Å². The van der Waals surface area contributed by atoms with E-state index < -0.39 is 0 Å². The van der Waals surface area contributed by atoms with Crippen LogP contribution < -0.4 is 5.01 Å². The molecule has 0 saturated heterocycles. The number of anilines is 2. The van der Waals surface area contributed by atoms with Crippen molar-refractivity contribution in [1.29, 1.82) is 0 Å². The first kappa shape index (κ1) is 16.6. The highest BCUT2D eigenvalue weighted by Crippen LogP contribution is 2.27. The highest BCUT2D eigenvalue weighted by Gasteiger charge is 2.13. The summed E-state index contributed by atoms with van der Waals surface area (Å²) in [4.78, 5) is 4.35. The number of hydrazone groups is 1. The lowest BCUT2D eigenvalue weighted by Gasteiger charge is -2.18. The van der Waals surface area contributed by atoms with E-state index in [0.29, 0.717) is 5.89 Å². The van der Waals surface area contributed by atoms with Gasteiger partial charge in [0.25, 0.3) is 0 Å². The van der Waals surface area contributed by atoms with Crippen molar-refractivity contribution in [2.45, 2.75) is 0 Å². The van der Waals surface area contributed by atoms with Gasteiger partial charge in [-0.1, -0.05) is 54.6 Å². The van der Waals surface area contributed by atoms with E-state index in [1.54, 1.807) is 5.01 Å². The van der Waals surface area contributed by atoms with E-state index in [0.717, 1.165) is 16.9 Å². The van der Waals surface area contributed by atoms with Crippen LogP contribution in [-0.2, 0) is 0 Å². The van der Waals surface area contributed by atoms with Gasteiger partial charge in [-0.15, -0.1) is 0 Å². The molecule has 0 bridgehead atoms. The molecule has 0 fully saturated rings. The van der Waals surface area contributed by atoms with Crippen LogP contribution in [-0.4, -0.2) is 16.3 Å². The zero-order valence-corrected chi connectivity index (χ0v) is 14.4. The van der Waals surface area contributed by atoms with Gasteiger partial charge >= 0.3 is 5.95 Å². The number of oxazole rings is 1. The summed E-state index contributed by atoms with van der Waals surface area (Å²) in [7, 11) is 0. The number of para-hydroxylation sites is 2. The zero-order chi connectivity index (χ0) is 18.5. The van der Waals surface area contributed by atoms with Crippen LogP contribution in [0.5, 0.6) is 5.95 Å². The molecule has 0 aliphatic rings. The molecule has 132 valence electrons. The highest BCUT2D eigenvalue weighted by atomic mass is 16.5. The van der Waals surface area contributed by atoms with Crippen molar-refractivity contribution in [2.24, 2.45) is 5.10 Å². The topological polar surface area (TPSA) is 61.9 Å². The first-order chi connectivity index (χ1) is 13.3. The quantitative estimate of drug-likeness (QED) is 0.394. The number of hydrogen-bond donors (Lipinski definition) is 1. The molecule has 0 atom stereocenters. The Labute approximate surface area is 156 Å². The molecule has 1 aromatic heterocycles. The number of benzene rings is 3. The van der Waals surface area contributed by atoms with Crippen LogP contribution >= 0.6 is 0 Å². The normalized spacial score (nSPS) is 11.0. The lowest BCUT2D eigenvalue weighted by atomic mass is 10.2. The van der Waals surface area contributed by atoms with Gasteiger partial charge in [-0.2, -0.15) is 5.10 Å². The summed E-state index contributed by atoms with van der Waals surface area (Å²) in [5.74, 6) is 0.0826. The van der Waals surface area contributed by atoms with Crippen molar-refractivity contribution in [3.8, 4) is 17.4 Å². The Hall–Kier alpha value is -3.86. The molecule has 5 heteroatoms. The summed E-state index contributed by atoms with van der Waals surface area (Å²) in [5.41, 5.74) is 2.85. The van der Waals surface area contributed by atoms with Crippen LogP contribution in [0.2, 0.25) is 0 Å². The Morgan fingerprint density at radius 2 is 1.30 bits per heavy atom. The molecule has 1 N–H and O–H groups in total. The fourth-order valence-electron chi connectivity index (χ4n) is 2.65. The van der Waals surface area contributed by atoms with Crippen molar-refractivity contribution in [3.63, 3.8) is 0 Å². The molecule has 4 aromatic rings. The van der Waals surface area contributed by atoms with Gasteiger partial charge in [-0.05, 0) is 36.4 Å². The third-order valence-corrected chi connectivity index (χ3v) is 3.95. The minimum Gasteiger partial charge on any atom is -0.479 e. The lowest BCUT2D eigenvalue weighted by Crippen LogP contribution is -2.09. The van der Waals surface area contributed by atoms with Gasteiger partial charge < -0.3 is 9.52 Å². The van der Waals surface area contributed by atoms with Crippen molar-refractivity contribution in [2.75, 3.05) is 5.01 Å². The van der Waals surface area contributed by atoms with Crippen LogP contribution in [0, 0.1) is 0 Å². The van der Waals surface area contributed by atoms with E-state index in [1.807, 2.05) is 91.0 Å². The number of aromatic nitrogens is 1. The molecule has 1 heterocycles. The van der Waals surface area contributed by atoms with Crippen LogP contribution in [0.1, 0.15) is 5.69 Å². The van der Waals surface area contributed by atoms with E-state index in [2.05, 4.69) is 10.1 Å². The maximum Gasteiger partial charge on any atom is 0.312 e. The summed E-state index contributed by atoms with van der Waals surface area (Å²) >= 11 is 0. The summed E-state index contributed by atoms with van der Waals surface area (Å²) < 4.78 is 5.38. The largest absolute Gasteiger partial charge is 0.479 e. The van der Waals surface area contributed by atoms with E-state index in [4.69, 9.17) is 4.42 Å². The molecule has 4 rings (SSSR count). The molecule has 27 heavy (non-hydrogen) atoms. The first-order valence-corrected chi connectivity index (χ1v) is 8.51. The van der Waals surface area contributed by atoms with Gasteiger partial charge in [-0.25, -0.2) is 9.99 Å². The minimum absolute atomic E-state index is 0.265. The predicted molar refractivity (Wildman–Crippen MR) is 106 cm³/mol. The van der Waals surface area contributed by atoms with Gasteiger partial charge in [0, 0.05) is 5.56 Å². The Balaban J connectivity index is 1.68. The molecule has 0 radical (unpaired) electrons. The van der Waals surface area contributed by atoms with Crippen molar-refractivity contribution in [1.82, 2.24) is 4.98 Å². The van der Waals surface area contributed by atoms with Crippen molar-refractivity contribution >= 4 is 17.6 Å². The SMILES string of the molecule is Oc1oc(-c2ccccc2)nc1/C=N/N(c1ccccc1)c1ccccc1. The number of hydrogen-bond acceptors (Lipinski definition) is 5. The summed E-state index contributed by atoms with van der Waals surface area (Å²) in [6, 6.07) is 28.9. The summed E-state index contributed by atoms with van der Waals surface area (Å²) in [5, 5.41) is 16.4. The van der Waals surface area contributed by atoms with Crippen LogP contribution in [0.4, 0.5) is 11.4 Å². The standard InChI is InChI=1S/C22H17N3O2/c26-22-20(24-21(27-22)17-10-4-1-5-11-17)16-23-25(18-12-6-2-7-13-18)19-14-8-3-9-15-19/h1-16,26H/b23-16+. The van der Waals surface area contributed by atoms with Gasteiger partial charge in [-0.3, -0.25) is 0 Å². The van der Waals surface area contributed by atoms with Gasteiger partial charge in [0.05, 0.1) is 17.6 Å². The van der Waals surface area contributed by atoms with E-state index >= 15 is 0 Å². The Bertz CT molecular complexity index is 990. The van der Waals surface area contributed by atoms with Crippen LogP contribution in [0.25, 0.3) is 11.5 Å². The Morgan fingerprint density at radius 1 is 0.778 bits per heavy atom. The molecule has 5 nitrogen and oxygen atoms in total. The second-order valence-corrected chi connectivity index (χ2v) is 5.80.